The lowest BCUT2D eigenvalue weighted by atomic mass is 10.0. The molecule has 1 heterocycles. The molecule has 1 atom stereocenters. The van der Waals surface area contributed by atoms with Crippen molar-refractivity contribution in [2.24, 2.45) is 0 Å². The summed E-state index contributed by atoms with van der Waals surface area (Å²) in [7, 11) is -3.80. The minimum atomic E-state index is -3.80. The van der Waals surface area contributed by atoms with Crippen molar-refractivity contribution in [2.45, 2.75) is 31.3 Å². The highest BCUT2D eigenvalue weighted by molar-refractivity contribution is 7.86. The maximum Gasteiger partial charge on any atom is 0.297 e. The number of H-pyrrole nitrogens is 1. The van der Waals surface area contributed by atoms with E-state index in [-0.39, 0.29) is 4.90 Å². The first-order valence-electron chi connectivity index (χ1n) is 7.58. The lowest BCUT2D eigenvalue weighted by Crippen LogP contribution is -2.12. The van der Waals surface area contributed by atoms with Crippen LogP contribution in [0.2, 0.25) is 0 Å². The first-order valence-corrected chi connectivity index (χ1v) is 8.99. The molecule has 0 saturated carbocycles. The molecule has 0 aliphatic carbocycles. The van der Waals surface area contributed by atoms with Crippen LogP contribution in [-0.4, -0.2) is 13.4 Å². The molecule has 0 amide bonds. The zero-order valence-electron chi connectivity index (χ0n) is 13.1. The average molecular weight is 329 g/mol. The summed E-state index contributed by atoms with van der Waals surface area (Å²) in [5.74, 6) is 0. The fraction of sp³-hybridized carbons (Fsp3) is 0.222. The maximum absolute atomic E-state index is 12.5. The summed E-state index contributed by atoms with van der Waals surface area (Å²) in [5, 5.41) is 1.00. The third kappa shape index (κ3) is 3.02. The van der Waals surface area contributed by atoms with Crippen LogP contribution in [0.25, 0.3) is 10.9 Å². The quantitative estimate of drug-likeness (QED) is 0.709. The van der Waals surface area contributed by atoms with Crippen molar-refractivity contribution < 1.29 is 12.6 Å². The van der Waals surface area contributed by atoms with E-state index in [1.54, 1.807) is 30.3 Å². The Morgan fingerprint density at radius 2 is 1.70 bits per heavy atom. The number of para-hydroxylation sites is 1. The van der Waals surface area contributed by atoms with Gasteiger partial charge in [-0.3, -0.25) is 4.18 Å². The van der Waals surface area contributed by atoms with E-state index in [0.717, 1.165) is 22.2 Å². The fourth-order valence-electron chi connectivity index (χ4n) is 2.83. The Morgan fingerprint density at radius 3 is 2.39 bits per heavy atom. The van der Waals surface area contributed by atoms with Gasteiger partial charge in [0.2, 0.25) is 0 Å². The maximum atomic E-state index is 12.5. The number of fused-ring (bicyclic) bond motifs is 1. The van der Waals surface area contributed by atoms with Gasteiger partial charge in [-0.15, -0.1) is 0 Å². The summed E-state index contributed by atoms with van der Waals surface area (Å²) in [6, 6.07) is 16.1. The van der Waals surface area contributed by atoms with Gasteiger partial charge in [0.15, 0.2) is 0 Å². The van der Waals surface area contributed by atoms with Crippen molar-refractivity contribution >= 4 is 21.0 Å². The highest BCUT2D eigenvalue weighted by Gasteiger charge is 2.25. The topological polar surface area (TPSA) is 59.2 Å². The Hall–Kier alpha value is -2.11. The molecule has 1 N–H and O–H groups in total. The van der Waals surface area contributed by atoms with E-state index >= 15 is 0 Å². The van der Waals surface area contributed by atoms with Crippen molar-refractivity contribution in [3.63, 3.8) is 0 Å². The van der Waals surface area contributed by atoms with Gasteiger partial charge in [0.25, 0.3) is 10.1 Å². The number of benzene rings is 2. The predicted octanol–water partition coefficient (Wildman–Crippen LogP) is 4.33. The number of hydrogen-bond donors (Lipinski definition) is 1. The Kier molecular flexibility index (Phi) is 4.24. The Balaban J connectivity index is 2.02. The zero-order valence-corrected chi connectivity index (χ0v) is 13.9. The highest BCUT2D eigenvalue weighted by Crippen LogP contribution is 2.34. The van der Waals surface area contributed by atoms with Crippen molar-refractivity contribution in [3.8, 4) is 0 Å². The fourth-order valence-corrected chi connectivity index (χ4v) is 3.97. The van der Waals surface area contributed by atoms with E-state index in [1.807, 2.05) is 38.1 Å². The SMILES string of the molecule is CCC(OS(=O)(=O)c1ccccc1)c1c(C)[nH]c2ccccc12. The first-order chi connectivity index (χ1) is 11.0. The molecular weight excluding hydrogens is 310 g/mol. The van der Waals surface area contributed by atoms with Gasteiger partial charge in [0.1, 0.15) is 6.10 Å². The molecule has 1 unspecified atom stereocenters. The molecule has 0 fully saturated rings. The Bertz CT molecular complexity index is 914. The van der Waals surface area contributed by atoms with Crippen LogP contribution in [0.5, 0.6) is 0 Å². The molecule has 0 aliphatic rings. The summed E-state index contributed by atoms with van der Waals surface area (Å²) in [5.41, 5.74) is 2.82. The number of nitrogens with one attached hydrogen (secondary N) is 1. The molecule has 0 aliphatic heterocycles. The molecule has 5 heteroatoms. The van der Waals surface area contributed by atoms with Crippen LogP contribution < -0.4 is 0 Å². The second-order valence-corrected chi connectivity index (χ2v) is 7.04. The Labute approximate surface area is 136 Å². The second-order valence-electron chi connectivity index (χ2n) is 5.47. The molecule has 0 spiro atoms. The smallest absolute Gasteiger partial charge is 0.297 e. The largest absolute Gasteiger partial charge is 0.358 e. The zero-order chi connectivity index (χ0) is 16.4. The summed E-state index contributed by atoms with van der Waals surface area (Å²) in [6.45, 7) is 3.86. The summed E-state index contributed by atoms with van der Waals surface area (Å²) in [6.07, 6.45) is 0.0470. The third-order valence-corrected chi connectivity index (χ3v) is 5.25. The molecular formula is C18H19NO3S. The molecule has 1 aromatic heterocycles. The Morgan fingerprint density at radius 1 is 1.04 bits per heavy atom. The van der Waals surface area contributed by atoms with Crippen molar-refractivity contribution in [3.05, 3.63) is 65.9 Å². The lowest BCUT2D eigenvalue weighted by molar-refractivity contribution is 0.210. The van der Waals surface area contributed by atoms with E-state index in [1.165, 1.54) is 0 Å². The molecule has 4 nitrogen and oxygen atoms in total. The number of aromatic nitrogens is 1. The van der Waals surface area contributed by atoms with E-state index in [9.17, 15) is 8.42 Å². The average Bonchev–Trinajstić information content (AvgIpc) is 2.89. The highest BCUT2D eigenvalue weighted by atomic mass is 32.2. The third-order valence-electron chi connectivity index (χ3n) is 3.91. The molecule has 0 radical (unpaired) electrons. The van der Waals surface area contributed by atoms with Gasteiger partial charge in [0, 0.05) is 22.2 Å². The van der Waals surface area contributed by atoms with Gasteiger partial charge >= 0.3 is 0 Å². The van der Waals surface area contributed by atoms with Crippen LogP contribution in [0.4, 0.5) is 0 Å². The number of aryl methyl sites for hydroxylation is 1. The normalized spacial score (nSPS) is 13.3. The summed E-state index contributed by atoms with van der Waals surface area (Å²) < 4.78 is 30.6. The van der Waals surface area contributed by atoms with Gasteiger partial charge in [-0.25, -0.2) is 0 Å². The molecule has 0 saturated heterocycles. The minimum absolute atomic E-state index is 0.177. The van der Waals surface area contributed by atoms with Gasteiger partial charge in [-0.1, -0.05) is 43.3 Å². The minimum Gasteiger partial charge on any atom is -0.358 e. The van der Waals surface area contributed by atoms with Crippen LogP contribution in [-0.2, 0) is 14.3 Å². The molecule has 120 valence electrons. The van der Waals surface area contributed by atoms with Crippen LogP contribution in [0.3, 0.4) is 0 Å². The van der Waals surface area contributed by atoms with E-state index in [2.05, 4.69) is 4.98 Å². The molecule has 23 heavy (non-hydrogen) atoms. The molecule has 3 aromatic rings. The van der Waals surface area contributed by atoms with Crippen LogP contribution >= 0.6 is 0 Å². The summed E-state index contributed by atoms with van der Waals surface area (Å²) >= 11 is 0. The predicted molar refractivity (Wildman–Crippen MR) is 90.8 cm³/mol. The first kappa shape index (κ1) is 15.8. The lowest BCUT2D eigenvalue weighted by Gasteiger charge is -2.16. The van der Waals surface area contributed by atoms with Gasteiger partial charge in [-0.05, 0) is 31.5 Å². The van der Waals surface area contributed by atoms with E-state index in [4.69, 9.17) is 4.18 Å². The summed E-state index contributed by atoms with van der Waals surface area (Å²) in [4.78, 5) is 3.47. The van der Waals surface area contributed by atoms with Crippen molar-refractivity contribution in [1.29, 1.82) is 0 Å². The van der Waals surface area contributed by atoms with Gasteiger partial charge in [0.05, 0.1) is 4.90 Å². The number of hydrogen-bond acceptors (Lipinski definition) is 3. The van der Waals surface area contributed by atoms with E-state index in [0.29, 0.717) is 6.42 Å². The second kappa shape index (κ2) is 6.18. The molecule has 2 aromatic carbocycles. The van der Waals surface area contributed by atoms with Crippen LogP contribution in [0.15, 0.2) is 59.5 Å². The van der Waals surface area contributed by atoms with Crippen LogP contribution in [0, 0.1) is 6.92 Å². The number of rotatable bonds is 5. The standard InChI is InChI=1S/C18H19NO3S/c1-3-17(22-23(20,21)14-9-5-4-6-10-14)18-13(2)19-16-12-8-7-11-15(16)18/h4-12,17,19H,3H2,1-2H3. The van der Waals surface area contributed by atoms with Crippen molar-refractivity contribution in [1.82, 2.24) is 4.98 Å². The number of aromatic amines is 1. The van der Waals surface area contributed by atoms with Gasteiger partial charge in [-0.2, -0.15) is 8.42 Å². The van der Waals surface area contributed by atoms with Crippen LogP contribution in [0.1, 0.15) is 30.7 Å². The molecule has 3 rings (SSSR count). The van der Waals surface area contributed by atoms with Crippen molar-refractivity contribution in [2.75, 3.05) is 0 Å². The monoisotopic (exact) mass is 329 g/mol. The van der Waals surface area contributed by atoms with E-state index < -0.39 is 16.2 Å². The van der Waals surface area contributed by atoms with Gasteiger partial charge < -0.3 is 4.98 Å². The molecule has 0 bridgehead atoms.